The number of nitrogens with one attached hydrogen (secondary N) is 1. The first-order chi connectivity index (χ1) is 7.78. The second-order valence-electron chi connectivity index (χ2n) is 3.62. The Kier molecular flexibility index (Phi) is 2.05. The van der Waals surface area contributed by atoms with E-state index in [1.54, 1.807) is 17.5 Å². The molecule has 3 rings (SSSR count). The zero-order chi connectivity index (χ0) is 11.1. The van der Waals surface area contributed by atoms with E-state index in [0.29, 0.717) is 6.54 Å². The molecule has 3 heterocycles. The molecule has 0 aliphatic carbocycles. The average molecular weight is 233 g/mol. The molecule has 0 bridgehead atoms. The highest BCUT2D eigenvalue weighted by molar-refractivity contribution is 7.15. The van der Waals surface area contributed by atoms with Gasteiger partial charge in [0, 0.05) is 35.7 Å². The van der Waals surface area contributed by atoms with Crippen molar-refractivity contribution in [2.45, 2.75) is 13.5 Å². The molecule has 82 valence electrons. The van der Waals surface area contributed by atoms with Crippen LogP contribution in [0.1, 0.15) is 11.4 Å². The SMILES string of the molecule is Cc1cnc(-c2cn3c(CN)csc3n2)[nH]1. The van der Waals surface area contributed by atoms with E-state index in [9.17, 15) is 0 Å². The zero-order valence-electron chi connectivity index (χ0n) is 8.77. The summed E-state index contributed by atoms with van der Waals surface area (Å²) in [5.41, 5.74) is 8.61. The van der Waals surface area contributed by atoms with Gasteiger partial charge in [0.05, 0.1) is 0 Å². The first-order valence-corrected chi connectivity index (χ1v) is 5.83. The highest BCUT2D eigenvalue weighted by Gasteiger charge is 2.10. The van der Waals surface area contributed by atoms with Gasteiger partial charge in [-0.3, -0.25) is 4.40 Å². The van der Waals surface area contributed by atoms with Crippen LogP contribution in [0.2, 0.25) is 0 Å². The van der Waals surface area contributed by atoms with Crippen molar-refractivity contribution >= 4 is 16.3 Å². The summed E-state index contributed by atoms with van der Waals surface area (Å²) < 4.78 is 2.01. The fourth-order valence-electron chi connectivity index (χ4n) is 1.63. The van der Waals surface area contributed by atoms with Crippen molar-refractivity contribution in [2.75, 3.05) is 0 Å². The first kappa shape index (κ1) is 9.56. The molecule has 0 fully saturated rings. The van der Waals surface area contributed by atoms with Gasteiger partial charge in [-0.05, 0) is 6.92 Å². The minimum atomic E-state index is 0.521. The van der Waals surface area contributed by atoms with Gasteiger partial charge in [-0.1, -0.05) is 0 Å². The van der Waals surface area contributed by atoms with Crippen molar-refractivity contribution in [3.05, 3.63) is 29.2 Å². The normalized spacial score (nSPS) is 11.4. The highest BCUT2D eigenvalue weighted by Crippen LogP contribution is 2.21. The maximum absolute atomic E-state index is 5.65. The predicted molar refractivity (Wildman–Crippen MR) is 63.3 cm³/mol. The van der Waals surface area contributed by atoms with Crippen LogP contribution in [0.3, 0.4) is 0 Å². The van der Waals surface area contributed by atoms with Gasteiger partial charge >= 0.3 is 0 Å². The number of hydrogen-bond donors (Lipinski definition) is 2. The Morgan fingerprint density at radius 2 is 2.44 bits per heavy atom. The summed E-state index contributed by atoms with van der Waals surface area (Å²) in [5.74, 6) is 0.802. The van der Waals surface area contributed by atoms with Crippen LogP contribution in [-0.2, 0) is 6.54 Å². The molecule has 0 atom stereocenters. The van der Waals surface area contributed by atoms with E-state index in [2.05, 4.69) is 15.0 Å². The second-order valence-corrected chi connectivity index (χ2v) is 4.46. The Bertz CT molecular complexity index is 633. The van der Waals surface area contributed by atoms with Crippen molar-refractivity contribution in [2.24, 2.45) is 5.73 Å². The standard InChI is InChI=1S/C10H11N5S/c1-6-3-12-9(13-6)8-4-15-7(2-11)5-16-10(15)14-8/h3-5H,2,11H2,1H3,(H,12,13). The van der Waals surface area contributed by atoms with Crippen molar-refractivity contribution in [1.29, 1.82) is 0 Å². The molecule has 3 aromatic heterocycles. The number of H-pyrrole nitrogens is 1. The third-order valence-corrected chi connectivity index (χ3v) is 3.33. The lowest BCUT2D eigenvalue weighted by Crippen LogP contribution is -1.98. The molecule has 3 aromatic rings. The molecule has 0 aliphatic rings. The quantitative estimate of drug-likeness (QED) is 0.705. The molecule has 6 heteroatoms. The van der Waals surface area contributed by atoms with Crippen molar-refractivity contribution in [3.63, 3.8) is 0 Å². The largest absolute Gasteiger partial charge is 0.341 e. The summed E-state index contributed by atoms with van der Waals surface area (Å²) in [5, 5.41) is 2.03. The Balaban J connectivity index is 2.15. The number of hydrogen-bond acceptors (Lipinski definition) is 4. The molecule has 3 N–H and O–H groups in total. The number of aromatic nitrogens is 4. The Morgan fingerprint density at radius 3 is 3.12 bits per heavy atom. The number of nitrogens with zero attached hydrogens (tertiary/aromatic N) is 3. The van der Waals surface area contributed by atoms with Crippen molar-refractivity contribution in [1.82, 2.24) is 19.4 Å². The van der Waals surface area contributed by atoms with Gasteiger partial charge in [-0.25, -0.2) is 9.97 Å². The zero-order valence-corrected chi connectivity index (χ0v) is 9.58. The van der Waals surface area contributed by atoms with E-state index in [1.165, 1.54) is 0 Å². The number of thiazole rings is 1. The molecule has 0 unspecified atom stereocenters. The molecule has 0 aliphatic heterocycles. The van der Waals surface area contributed by atoms with Crippen LogP contribution >= 0.6 is 11.3 Å². The molecular formula is C10H11N5S. The van der Waals surface area contributed by atoms with Gasteiger partial charge < -0.3 is 10.7 Å². The van der Waals surface area contributed by atoms with Gasteiger partial charge in [-0.15, -0.1) is 11.3 Å². The Hall–Kier alpha value is -1.66. The smallest absolute Gasteiger partial charge is 0.194 e. The number of nitrogens with two attached hydrogens (primary N) is 1. The molecule has 0 amide bonds. The minimum absolute atomic E-state index is 0.521. The monoisotopic (exact) mass is 233 g/mol. The fraction of sp³-hybridized carbons (Fsp3) is 0.200. The molecule has 0 radical (unpaired) electrons. The number of fused-ring (bicyclic) bond motifs is 1. The van der Waals surface area contributed by atoms with Crippen LogP contribution in [-0.4, -0.2) is 19.4 Å². The lowest BCUT2D eigenvalue weighted by Gasteiger charge is -1.91. The van der Waals surface area contributed by atoms with Gasteiger partial charge in [-0.2, -0.15) is 0 Å². The highest BCUT2D eigenvalue weighted by atomic mass is 32.1. The van der Waals surface area contributed by atoms with Crippen LogP contribution in [0.15, 0.2) is 17.8 Å². The number of rotatable bonds is 2. The predicted octanol–water partition coefficient (Wildman–Crippen LogP) is 1.55. The molecule has 0 aromatic carbocycles. The summed E-state index contributed by atoms with van der Waals surface area (Å²) in [4.78, 5) is 12.9. The summed E-state index contributed by atoms with van der Waals surface area (Å²) in [6.07, 6.45) is 3.76. The number of aromatic amines is 1. The van der Waals surface area contributed by atoms with Gasteiger partial charge in [0.25, 0.3) is 0 Å². The molecule has 0 saturated heterocycles. The molecule has 5 nitrogen and oxygen atoms in total. The topological polar surface area (TPSA) is 72.0 Å². The molecule has 16 heavy (non-hydrogen) atoms. The van der Waals surface area contributed by atoms with E-state index >= 15 is 0 Å². The average Bonchev–Trinajstić information content (AvgIpc) is 2.90. The van der Waals surface area contributed by atoms with Crippen LogP contribution in [0.4, 0.5) is 0 Å². The molecule has 0 saturated carbocycles. The van der Waals surface area contributed by atoms with E-state index in [4.69, 9.17) is 5.73 Å². The second kappa shape index (κ2) is 3.43. The summed E-state index contributed by atoms with van der Waals surface area (Å²) in [7, 11) is 0. The lowest BCUT2D eigenvalue weighted by atomic mass is 10.4. The van der Waals surface area contributed by atoms with E-state index in [1.807, 2.05) is 22.9 Å². The summed E-state index contributed by atoms with van der Waals surface area (Å²) in [6.45, 7) is 2.49. The van der Waals surface area contributed by atoms with Gasteiger partial charge in [0.2, 0.25) is 0 Å². The van der Waals surface area contributed by atoms with E-state index in [-0.39, 0.29) is 0 Å². The van der Waals surface area contributed by atoms with Crippen LogP contribution < -0.4 is 5.73 Å². The molecular weight excluding hydrogens is 222 g/mol. The van der Waals surface area contributed by atoms with Crippen molar-refractivity contribution in [3.8, 4) is 11.5 Å². The Morgan fingerprint density at radius 1 is 1.56 bits per heavy atom. The maximum atomic E-state index is 5.65. The minimum Gasteiger partial charge on any atom is -0.341 e. The maximum Gasteiger partial charge on any atom is 0.194 e. The third-order valence-electron chi connectivity index (χ3n) is 2.44. The first-order valence-electron chi connectivity index (χ1n) is 4.95. The van der Waals surface area contributed by atoms with Crippen LogP contribution in [0.25, 0.3) is 16.5 Å². The van der Waals surface area contributed by atoms with Crippen LogP contribution in [0.5, 0.6) is 0 Å². The van der Waals surface area contributed by atoms with E-state index in [0.717, 1.165) is 27.9 Å². The summed E-state index contributed by atoms with van der Waals surface area (Å²) in [6, 6.07) is 0. The fourth-order valence-corrected chi connectivity index (χ4v) is 2.52. The van der Waals surface area contributed by atoms with E-state index < -0.39 is 0 Å². The Labute approximate surface area is 96.0 Å². The van der Waals surface area contributed by atoms with Gasteiger partial charge in [0.15, 0.2) is 10.8 Å². The molecule has 0 spiro atoms. The number of imidazole rings is 2. The lowest BCUT2D eigenvalue weighted by molar-refractivity contribution is 0.965. The summed E-state index contributed by atoms with van der Waals surface area (Å²) >= 11 is 1.59. The van der Waals surface area contributed by atoms with Gasteiger partial charge in [0.1, 0.15) is 5.69 Å². The number of aryl methyl sites for hydroxylation is 1. The third kappa shape index (κ3) is 1.35. The van der Waals surface area contributed by atoms with Crippen LogP contribution in [0, 0.1) is 6.92 Å². The van der Waals surface area contributed by atoms with Crippen molar-refractivity contribution < 1.29 is 0 Å².